The maximum Gasteiger partial charge on any atom is 0.306 e. The van der Waals surface area contributed by atoms with Gasteiger partial charge in [0.15, 0.2) is 6.10 Å². The molecule has 0 bridgehead atoms. The van der Waals surface area contributed by atoms with E-state index in [0.717, 1.165) is 64.2 Å². The second kappa shape index (κ2) is 57.4. The quantitative estimate of drug-likeness (QED) is 0.0345. The molecule has 0 saturated carbocycles. The van der Waals surface area contributed by atoms with Gasteiger partial charge in [-0.25, -0.2) is 0 Å². The predicted octanol–water partition coefficient (Wildman–Crippen LogP) is 20.1. The van der Waals surface area contributed by atoms with Crippen molar-refractivity contribution in [3.8, 4) is 0 Å². The van der Waals surface area contributed by atoms with Gasteiger partial charge in [0.25, 0.3) is 0 Å². The Bertz CT molecular complexity index is 1050. The third kappa shape index (κ3) is 54.7. The highest BCUT2D eigenvalue weighted by Gasteiger charge is 2.17. The number of rotatable bonds is 55. The summed E-state index contributed by atoms with van der Waals surface area (Å²) in [5.74, 6) is -0.386. The lowest BCUT2D eigenvalue weighted by Crippen LogP contribution is -2.30. The number of hydrogen-bond donors (Lipinski definition) is 0. The summed E-state index contributed by atoms with van der Waals surface area (Å²) >= 11 is 0. The van der Waals surface area contributed by atoms with Crippen LogP contribution in [0.15, 0.2) is 36.5 Å². The Kier molecular flexibility index (Phi) is 55.8. The van der Waals surface area contributed by atoms with Crippen LogP contribution in [0.5, 0.6) is 0 Å². The van der Waals surface area contributed by atoms with E-state index in [9.17, 15) is 9.59 Å². The van der Waals surface area contributed by atoms with E-state index in [1.54, 1.807) is 0 Å². The zero-order chi connectivity index (χ0) is 47.7. The van der Waals surface area contributed by atoms with Crippen LogP contribution in [0, 0.1) is 0 Å². The molecule has 0 aliphatic rings. The molecular formula is C61H114O5. The fraction of sp³-hybridized carbons (Fsp3) is 0.869. The molecule has 0 aliphatic heterocycles. The van der Waals surface area contributed by atoms with Crippen molar-refractivity contribution in [2.24, 2.45) is 0 Å². The lowest BCUT2D eigenvalue weighted by molar-refractivity contribution is -0.163. The van der Waals surface area contributed by atoms with Gasteiger partial charge in [-0.15, -0.1) is 0 Å². The highest BCUT2D eigenvalue weighted by molar-refractivity contribution is 5.70. The molecule has 0 spiro atoms. The van der Waals surface area contributed by atoms with Gasteiger partial charge in [0.05, 0.1) is 6.61 Å². The summed E-state index contributed by atoms with van der Waals surface area (Å²) in [5, 5.41) is 0. The first-order valence-electron chi connectivity index (χ1n) is 29.5. The average molecular weight is 928 g/mol. The van der Waals surface area contributed by atoms with Crippen LogP contribution in [0.3, 0.4) is 0 Å². The molecule has 66 heavy (non-hydrogen) atoms. The van der Waals surface area contributed by atoms with Crippen molar-refractivity contribution in [3.05, 3.63) is 36.5 Å². The molecule has 0 aromatic carbocycles. The van der Waals surface area contributed by atoms with Crippen molar-refractivity contribution in [1.29, 1.82) is 0 Å². The summed E-state index contributed by atoms with van der Waals surface area (Å²) in [6.45, 7) is 7.78. The molecule has 0 fully saturated rings. The molecule has 0 aliphatic carbocycles. The predicted molar refractivity (Wildman–Crippen MR) is 288 cm³/mol. The summed E-state index contributed by atoms with van der Waals surface area (Å²) in [6, 6.07) is 0. The van der Waals surface area contributed by atoms with E-state index in [-0.39, 0.29) is 18.5 Å². The number of carbonyl (C=O) groups excluding carboxylic acids is 2. The van der Waals surface area contributed by atoms with Crippen LogP contribution in [-0.2, 0) is 23.8 Å². The summed E-state index contributed by atoms with van der Waals surface area (Å²) < 4.78 is 17.5. The van der Waals surface area contributed by atoms with Crippen LogP contribution >= 0.6 is 0 Å². The Balaban J connectivity index is 4.21. The minimum Gasteiger partial charge on any atom is -0.462 e. The standard InChI is InChI=1S/C61H114O5/c1-4-7-10-13-16-19-22-25-28-30-31-33-34-36-39-42-45-48-51-54-60(62)65-58-59(57-64-56-53-50-47-44-41-38-27-24-21-18-15-12-9-6-3)66-61(63)55-52-49-46-43-40-37-35-32-29-26-23-20-17-14-11-8-5-2/h8,11,17,20,26,29,59H,4-7,9-10,12-16,18-19,21-25,27-28,30-58H2,1-3H3/b11-8-,20-17-,29-26-. The van der Waals surface area contributed by atoms with Crippen molar-refractivity contribution in [2.45, 2.75) is 322 Å². The summed E-state index contributed by atoms with van der Waals surface area (Å²) in [7, 11) is 0. The molecule has 1 atom stereocenters. The second-order valence-electron chi connectivity index (χ2n) is 19.9. The number of allylic oxidation sites excluding steroid dienone is 6. The molecule has 0 aromatic heterocycles. The smallest absolute Gasteiger partial charge is 0.306 e. The lowest BCUT2D eigenvalue weighted by Gasteiger charge is -2.18. The van der Waals surface area contributed by atoms with Gasteiger partial charge in [-0.2, -0.15) is 0 Å². The average Bonchev–Trinajstić information content (AvgIpc) is 3.32. The fourth-order valence-corrected chi connectivity index (χ4v) is 8.82. The summed E-state index contributed by atoms with van der Waals surface area (Å²) in [6.07, 6.45) is 70.2. The maximum absolute atomic E-state index is 12.9. The molecule has 1 unspecified atom stereocenters. The first-order valence-corrected chi connectivity index (χ1v) is 29.5. The normalized spacial score (nSPS) is 12.3. The Morgan fingerprint density at radius 3 is 1.09 bits per heavy atom. The second-order valence-corrected chi connectivity index (χ2v) is 19.9. The van der Waals surface area contributed by atoms with Crippen molar-refractivity contribution >= 4 is 11.9 Å². The SMILES string of the molecule is CC/C=C\C/C=C\C/C=C\CCCCCCCCCC(=O)OC(COCCCCCCCCCCCCCCCC)COC(=O)CCCCCCCCCCCCCCCCCCCCC. The Hall–Kier alpha value is -1.88. The molecule has 0 aromatic rings. The van der Waals surface area contributed by atoms with Gasteiger partial charge >= 0.3 is 11.9 Å². The first kappa shape index (κ1) is 64.1. The van der Waals surface area contributed by atoms with E-state index < -0.39 is 6.10 Å². The van der Waals surface area contributed by atoms with Crippen LogP contribution in [0.2, 0.25) is 0 Å². The van der Waals surface area contributed by atoms with Gasteiger partial charge in [0.1, 0.15) is 6.61 Å². The molecule has 0 radical (unpaired) electrons. The van der Waals surface area contributed by atoms with E-state index >= 15 is 0 Å². The van der Waals surface area contributed by atoms with Gasteiger partial charge < -0.3 is 14.2 Å². The van der Waals surface area contributed by atoms with Crippen LogP contribution in [0.1, 0.15) is 316 Å². The molecule has 0 heterocycles. The van der Waals surface area contributed by atoms with E-state index in [1.807, 2.05) is 0 Å². The van der Waals surface area contributed by atoms with Crippen molar-refractivity contribution in [1.82, 2.24) is 0 Å². The molecule has 388 valence electrons. The zero-order valence-corrected chi connectivity index (χ0v) is 44.7. The number of ether oxygens (including phenoxy) is 3. The van der Waals surface area contributed by atoms with E-state index in [4.69, 9.17) is 14.2 Å². The van der Waals surface area contributed by atoms with Gasteiger partial charge in [-0.3, -0.25) is 9.59 Å². The summed E-state index contributed by atoms with van der Waals surface area (Å²) in [4.78, 5) is 25.5. The number of carbonyl (C=O) groups is 2. The van der Waals surface area contributed by atoms with Gasteiger partial charge in [0, 0.05) is 19.4 Å². The molecule has 5 heteroatoms. The highest BCUT2D eigenvalue weighted by atomic mass is 16.6. The fourth-order valence-electron chi connectivity index (χ4n) is 8.82. The van der Waals surface area contributed by atoms with Crippen molar-refractivity contribution in [2.75, 3.05) is 19.8 Å². The van der Waals surface area contributed by atoms with Crippen LogP contribution in [0.25, 0.3) is 0 Å². The maximum atomic E-state index is 12.9. The first-order chi connectivity index (χ1) is 32.6. The van der Waals surface area contributed by atoms with Crippen LogP contribution in [0.4, 0.5) is 0 Å². The van der Waals surface area contributed by atoms with E-state index in [2.05, 4.69) is 57.2 Å². The van der Waals surface area contributed by atoms with Gasteiger partial charge in [-0.1, -0.05) is 288 Å². The Morgan fingerprint density at radius 1 is 0.348 bits per heavy atom. The largest absolute Gasteiger partial charge is 0.462 e. The molecule has 0 saturated heterocycles. The number of esters is 2. The van der Waals surface area contributed by atoms with Crippen LogP contribution in [-0.4, -0.2) is 37.9 Å². The molecule has 0 N–H and O–H groups in total. The summed E-state index contributed by atoms with van der Waals surface area (Å²) in [5.41, 5.74) is 0. The number of hydrogen-bond acceptors (Lipinski definition) is 5. The molecule has 0 amide bonds. The zero-order valence-electron chi connectivity index (χ0n) is 44.7. The monoisotopic (exact) mass is 927 g/mol. The third-order valence-electron chi connectivity index (χ3n) is 13.2. The minimum atomic E-state index is -0.536. The minimum absolute atomic E-state index is 0.0883. The Morgan fingerprint density at radius 2 is 0.682 bits per heavy atom. The highest BCUT2D eigenvalue weighted by Crippen LogP contribution is 2.17. The topological polar surface area (TPSA) is 61.8 Å². The van der Waals surface area contributed by atoms with Crippen LogP contribution < -0.4 is 0 Å². The van der Waals surface area contributed by atoms with E-state index in [0.29, 0.717) is 26.1 Å². The molecular weight excluding hydrogens is 813 g/mol. The number of unbranched alkanes of at least 4 members (excludes halogenated alkanes) is 38. The van der Waals surface area contributed by atoms with Crippen molar-refractivity contribution in [3.63, 3.8) is 0 Å². The molecule has 0 rings (SSSR count). The van der Waals surface area contributed by atoms with Crippen molar-refractivity contribution < 1.29 is 23.8 Å². The van der Waals surface area contributed by atoms with E-state index in [1.165, 1.54) is 218 Å². The third-order valence-corrected chi connectivity index (χ3v) is 13.2. The van der Waals surface area contributed by atoms with Gasteiger partial charge in [-0.05, 0) is 51.4 Å². The molecule has 5 nitrogen and oxygen atoms in total. The Labute approximate surface area is 412 Å². The van der Waals surface area contributed by atoms with Gasteiger partial charge in [0.2, 0.25) is 0 Å². The lowest BCUT2D eigenvalue weighted by atomic mass is 10.0.